The maximum absolute atomic E-state index is 13.2. The Morgan fingerprint density at radius 2 is 1.60 bits per heavy atom. The Hall–Kier alpha value is -2.85. The highest BCUT2D eigenvalue weighted by Crippen LogP contribution is 2.32. The van der Waals surface area contributed by atoms with E-state index in [1.165, 1.54) is 34.8 Å². The summed E-state index contributed by atoms with van der Waals surface area (Å²) in [5, 5.41) is 10.3. The van der Waals surface area contributed by atoms with E-state index in [4.69, 9.17) is 0 Å². The van der Waals surface area contributed by atoms with E-state index >= 15 is 0 Å². The number of piperazine rings is 1. The number of halogens is 3. The van der Waals surface area contributed by atoms with Crippen molar-refractivity contribution < 1.29 is 26.7 Å². The Kier molecular flexibility index (Phi) is 5.07. The number of alkyl halides is 3. The number of aromatic nitrogens is 1. The van der Waals surface area contributed by atoms with Crippen LogP contribution in [0.1, 0.15) is 5.56 Å². The largest absolute Gasteiger partial charge is 0.506 e. The number of benzene rings is 2. The van der Waals surface area contributed by atoms with Gasteiger partial charge in [-0.05, 0) is 48.5 Å². The van der Waals surface area contributed by atoms with Gasteiger partial charge in [0, 0.05) is 43.4 Å². The molecule has 3 aromatic rings. The van der Waals surface area contributed by atoms with E-state index < -0.39 is 21.8 Å². The predicted molar refractivity (Wildman–Crippen MR) is 106 cm³/mol. The molecule has 2 aromatic carbocycles. The number of nitrogens with zero attached hydrogens (tertiary/aromatic N) is 3. The zero-order valence-corrected chi connectivity index (χ0v) is 16.5. The molecule has 0 saturated carbocycles. The molecule has 0 atom stereocenters. The van der Waals surface area contributed by atoms with Crippen molar-refractivity contribution in [3.8, 4) is 5.75 Å². The van der Waals surface area contributed by atoms with Gasteiger partial charge in [-0.1, -0.05) is 0 Å². The van der Waals surface area contributed by atoms with E-state index in [-0.39, 0.29) is 29.3 Å². The third-order valence-electron chi connectivity index (χ3n) is 5.12. The molecular weight excluding hydrogens is 419 g/mol. The highest BCUT2D eigenvalue weighted by Gasteiger charge is 2.32. The van der Waals surface area contributed by atoms with Crippen molar-refractivity contribution in [2.24, 2.45) is 0 Å². The molecule has 10 heteroatoms. The van der Waals surface area contributed by atoms with Gasteiger partial charge in [-0.25, -0.2) is 8.42 Å². The molecule has 158 valence electrons. The van der Waals surface area contributed by atoms with Gasteiger partial charge < -0.3 is 10.0 Å². The quantitative estimate of drug-likeness (QED) is 0.679. The minimum Gasteiger partial charge on any atom is -0.506 e. The topological polar surface area (TPSA) is 73.7 Å². The van der Waals surface area contributed by atoms with Gasteiger partial charge in [-0.2, -0.15) is 17.5 Å². The number of aromatic hydroxyl groups is 1. The van der Waals surface area contributed by atoms with E-state index in [2.05, 4.69) is 4.98 Å². The summed E-state index contributed by atoms with van der Waals surface area (Å²) in [6, 6.07) is 10.7. The van der Waals surface area contributed by atoms with Crippen molar-refractivity contribution in [3.05, 3.63) is 60.3 Å². The summed E-state index contributed by atoms with van der Waals surface area (Å²) in [5.74, 6) is -0.100. The Labute approximate surface area is 171 Å². The van der Waals surface area contributed by atoms with Gasteiger partial charge in [0.2, 0.25) is 10.0 Å². The van der Waals surface area contributed by atoms with Gasteiger partial charge in [-0.15, -0.1) is 0 Å². The number of rotatable bonds is 3. The maximum Gasteiger partial charge on any atom is 0.416 e. The number of phenolic OH excluding ortho intramolecular Hbond substituents is 1. The third kappa shape index (κ3) is 3.68. The summed E-state index contributed by atoms with van der Waals surface area (Å²) in [5.41, 5.74) is 0.0987. The molecular formula is C20H18F3N3O3S. The lowest BCUT2D eigenvalue weighted by molar-refractivity contribution is -0.137. The zero-order chi connectivity index (χ0) is 21.5. The van der Waals surface area contributed by atoms with E-state index in [0.29, 0.717) is 24.2 Å². The summed E-state index contributed by atoms with van der Waals surface area (Å²) in [4.78, 5) is 5.97. The summed E-state index contributed by atoms with van der Waals surface area (Å²) in [6.45, 7) is 1.07. The van der Waals surface area contributed by atoms with Crippen molar-refractivity contribution in [2.75, 3.05) is 31.1 Å². The molecule has 1 N–H and O–H groups in total. The summed E-state index contributed by atoms with van der Waals surface area (Å²) >= 11 is 0. The average molecular weight is 437 g/mol. The zero-order valence-electron chi connectivity index (χ0n) is 15.7. The summed E-state index contributed by atoms with van der Waals surface area (Å²) in [6.07, 6.45) is -2.92. The van der Waals surface area contributed by atoms with Crippen LogP contribution in [0.4, 0.5) is 18.9 Å². The highest BCUT2D eigenvalue weighted by molar-refractivity contribution is 7.89. The van der Waals surface area contributed by atoms with Crippen molar-refractivity contribution in [1.29, 1.82) is 0 Å². The number of hydrogen-bond acceptors (Lipinski definition) is 5. The first-order valence-corrected chi connectivity index (χ1v) is 10.6. The Morgan fingerprint density at radius 1 is 0.933 bits per heavy atom. The molecule has 2 heterocycles. The predicted octanol–water partition coefficient (Wildman–Crippen LogP) is 3.47. The minimum atomic E-state index is -4.40. The Bertz CT molecular complexity index is 1170. The van der Waals surface area contributed by atoms with Crippen LogP contribution in [0.5, 0.6) is 5.75 Å². The van der Waals surface area contributed by atoms with Crippen LogP contribution in [0.15, 0.2) is 59.6 Å². The standard InChI is InChI=1S/C20H18F3N3O3S/c21-20(22,23)14-3-5-15(6-4-14)25-10-12-26(13-11-25)30(28,29)18-8-7-17(27)19-16(18)2-1-9-24-19/h1-9,27H,10-13H2. The lowest BCUT2D eigenvalue weighted by atomic mass is 10.2. The second kappa shape index (κ2) is 7.44. The normalized spacial score (nSPS) is 16.2. The fourth-order valence-corrected chi connectivity index (χ4v) is 5.15. The van der Waals surface area contributed by atoms with Gasteiger partial charge in [0.25, 0.3) is 0 Å². The van der Waals surface area contributed by atoms with Crippen LogP contribution in [0.3, 0.4) is 0 Å². The Morgan fingerprint density at radius 3 is 2.23 bits per heavy atom. The molecule has 1 aliphatic rings. The van der Waals surface area contributed by atoms with Gasteiger partial charge >= 0.3 is 6.18 Å². The molecule has 6 nitrogen and oxygen atoms in total. The van der Waals surface area contributed by atoms with Crippen LogP contribution in [-0.4, -0.2) is 49.0 Å². The number of phenols is 1. The fraction of sp³-hybridized carbons (Fsp3) is 0.250. The maximum atomic E-state index is 13.2. The highest BCUT2D eigenvalue weighted by atomic mass is 32.2. The van der Waals surface area contributed by atoms with E-state index in [1.807, 2.05) is 4.90 Å². The summed E-state index contributed by atoms with van der Waals surface area (Å²) in [7, 11) is -3.83. The van der Waals surface area contributed by atoms with E-state index in [9.17, 15) is 26.7 Å². The minimum absolute atomic E-state index is 0.0615. The first kappa shape index (κ1) is 20.4. The molecule has 0 radical (unpaired) electrons. The molecule has 30 heavy (non-hydrogen) atoms. The van der Waals surface area contributed by atoms with E-state index in [0.717, 1.165) is 12.1 Å². The number of hydrogen-bond donors (Lipinski definition) is 1. The lowest BCUT2D eigenvalue weighted by Crippen LogP contribution is -2.48. The van der Waals surface area contributed by atoms with Crippen molar-refractivity contribution in [2.45, 2.75) is 11.1 Å². The van der Waals surface area contributed by atoms with Crippen LogP contribution in [-0.2, 0) is 16.2 Å². The molecule has 0 bridgehead atoms. The average Bonchev–Trinajstić information content (AvgIpc) is 2.73. The molecule has 4 rings (SSSR count). The van der Waals surface area contributed by atoms with Crippen LogP contribution in [0.25, 0.3) is 10.9 Å². The first-order valence-electron chi connectivity index (χ1n) is 9.17. The van der Waals surface area contributed by atoms with Gasteiger partial charge in [0.05, 0.1) is 10.5 Å². The summed E-state index contributed by atoms with van der Waals surface area (Å²) < 4.78 is 65.9. The Balaban J connectivity index is 1.54. The SMILES string of the molecule is O=S(=O)(c1ccc(O)c2ncccc12)N1CCN(c2ccc(C(F)(F)F)cc2)CC1. The van der Waals surface area contributed by atoms with Gasteiger partial charge in [0.1, 0.15) is 11.3 Å². The third-order valence-corrected chi connectivity index (χ3v) is 7.08. The molecule has 1 aromatic heterocycles. The van der Waals surface area contributed by atoms with Gasteiger partial charge in [0.15, 0.2) is 0 Å². The number of pyridine rings is 1. The van der Waals surface area contributed by atoms with Crippen molar-refractivity contribution >= 4 is 26.6 Å². The first-order chi connectivity index (χ1) is 14.2. The molecule has 0 spiro atoms. The van der Waals surface area contributed by atoms with Crippen LogP contribution in [0.2, 0.25) is 0 Å². The number of sulfonamides is 1. The monoisotopic (exact) mass is 437 g/mol. The molecule has 1 fully saturated rings. The molecule has 0 amide bonds. The van der Waals surface area contributed by atoms with Gasteiger partial charge in [-0.3, -0.25) is 4.98 Å². The second-order valence-electron chi connectivity index (χ2n) is 6.92. The molecule has 0 aliphatic carbocycles. The lowest BCUT2D eigenvalue weighted by Gasteiger charge is -2.35. The van der Waals surface area contributed by atoms with E-state index in [1.54, 1.807) is 12.1 Å². The number of anilines is 1. The van der Waals surface area contributed by atoms with Crippen LogP contribution >= 0.6 is 0 Å². The molecule has 0 unspecified atom stereocenters. The van der Waals surface area contributed by atoms with Crippen molar-refractivity contribution in [3.63, 3.8) is 0 Å². The fourth-order valence-electron chi connectivity index (χ4n) is 3.54. The number of fused-ring (bicyclic) bond motifs is 1. The molecule has 1 saturated heterocycles. The second-order valence-corrected chi connectivity index (χ2v) is 8.82. The van der Waals surface area contributed by atoms with Crippen LogP contribution in [0, 0.1) is 0 Å². The van der Waals surface area contributed by atoms with Crippen molar-refractivity contribution in [1.82, 2.24) is 9.29 Å². The van der Waals surface area contributed by atoms with Crippen LogP contribution < -0.4 is 4.90 Å². The smallest absolute Gasteiger partial charge is 0.416 e. The molecule has 1 aliphatic heterocycles.